The highest BCUT2D eigenvalue weighted by Crippen LogP contribution is 2.33. The maximum Gasteiger partial charge on any atom is 0.373 e. The van der Waals surface area contributed by atoms with E-state index in [0.717, 1.165) is 19.4 Å². The normalized spacial score (nSPS) is 22.5. The van der Waals surface area contributed by atoms with Crippen molar-refractivity contribution in [2.24, 2.45) is 5.92 Å². The lowest BCUT2D eigenvalue weighted by Gasteiger charge is -2.34. The Morgan fingerprint density at radius 3 is 2.68 bits per heavy atom. The molecular weight excluding hydrogens is 246 g/mol. The largest absolute Gasteiger partial charge is 0.475 e. The summed E-state index contributed by atoms with van der Waals surface area (Å²) in [6, 6.07) is 0. The summed E-state index contributed by atoms with van der Waals surface area (Å²) in [5.41, 5.74) is 0.545. The van der Waals surface area contributed by atoms with Crippen molar-refractivity contribution < 1.29 is 19.1 Å². The lowest BCUT2D eigenvalue weighted by Crippen LogP contribution is -2.32. The fourth-order valence-corrected chi connectivity index (χ4v) is 2.47. The Kier molecular flexibility index (Phi) is 4.24. The molecule has 0 spiro atoms. The molecular formula is C14H21NO4. The highest BCUT2D eigenvalue weighted by Gasteiger charge is 2.32. The molecule has 0 saturated heterocycles. The lowest BCUT2D eigenvalue weighted by atomic mass is 9.80. The summed E-state index contributed by atoms with van der Waals surface area (Å²) in [7, 11) is 0. The van der Waals surface area contributed by atoms with E-state index in [1.807, 2.05) is 20.8 Å². The molecule has 1 aliphatic carbocycles. The molecule has 0 bridgehead atoms. The highest BCUT2D eigenvalue weighted by molar-refractivity contribution is 5.85. The van der Waals surface area contributed by atoms with Gasteiger partial charge in [-0.15, -0.1) is 0 Å². The van der Waals surface area contributed by atoms with Gasteiger partial charge in [0.05, 0.1) is 11.8 Å². The first-order valence-electron chi connectivity index (χ1n) is 6.85. The average Bonchev–Trinajstić information content (AvgIpc) is 2.70. The van der Waals surface area contributed by atoms with E-state index >= 15 is 0 Å². The van der Waals surface area contributed by atoms with Gasteiger partial charge >= 0.3 is 5.97 Å². The maximum absolute atomic E-state index is 11.1. The number of rotatable bonds is 6. The minimum absolute atomic E-state index is 0.00863. The predicted octanol–water partition coefficient (Wildman–Crippen LogP) is 2.85. The van der Waals surface area contributed by atoms with Gasteiger partial charge in [-0.2, -0.15) is 0 Å². The van der Waals surface area contributed by atoms with Gasteiger partial charge in [0, 0.05) is 13.0 Å². The van der Waals surface area contributed by atoms with Crippen LogP contribution in [-0.2, 0) is 11.2 Å². The van der Waals surface area contributed by atoms with Gasteiger partial charge in [0.1, 0.15) is 0 Å². The Morgan fingerprint density at radius 1 is 1.53 bits per heavy atom. The zero-order valence-corrected chi connectivity index (χ0v) is 11.7. The first-order valence-corrected chi connectivity index (χ1v) is 6.85. The molecule has 0 unspecified atom stereocenters. The second kappa shape index (κ2) is 5.74. The number of carboxylic acids is 1. The van der Waals surface area contributed by atoms with Crippen LogP contribution in [0.1, 0.15) is 61.7 Å². The molecule has 19 heavy (non-hydrogen) atoms. The molecule has 1 aliphatic rings. The molecule has 1 aromatic heterocycles. The molecule has 1 saturated carbocycles. The molecule has 1 N–H and O–H groups in total. The molecule has 1 fully saturated rings. The first-order chi connectivity index (χ1) is 9.01. The van der Waals surface area contributed by atoms with Crippen LogP contribution in [0.4, 0.5) is 0 Å². The molecule has 0 amide bonds. The average molecular weight is 267 g/mol. The maximum atomic E-state index is 11.1. The van der Waals surface area contributed by atoms with Crippen LogP contribution in [0.2, 0.25) is 0 Å². The number of nitrogens with zero attached hydrogens (tertiary/aromatic N) is 1. The van der Waals surface area contributed by atoms with Crippen molar-refractivity contribution in [2.45, 2.75) is 52.1 Å². The number of aromatic carboxylic acids is 1. The van der Waals surface area contributed by atoms with Gasteiger partial charge in [-0.25, -0.2) is 9.78 Å². The molecule has 106 valence electrons. The molecule has 0 radical (unpaired) electrons. The van der Waals surface area contributed by atoms with Crippen molar-refractivity contribution in [3.63, 3.8) is 0 Å². The molecule has 2 rings (SSSR count). The minimum atomic E-state index is -1.04. The number of hydrogen-bond acceptors (Lipinski definition) is 4. The summed E-state index contributed by atoms with van der Waals surface area (Å²) >= 11 is 0. The minimum Gasteiger partial charge on any atom is -0.475 e. The summed E-state index contributed by atoms with van der Waals surface area (Å²) in [6.07, 6.45) is 3.08. The van der Waals surface area contributed by atoms with E-state index in [2.05, 4.69) is 4.98 Å². The van der Waals surface area contributed by atoms with Crippen LogP contribution in [0.15, 0.2) is 4.42 Å². The van der Waals surface area contributed by atoms with Crippen LogP contribution >= 0.6 is 0 Å². The Morgan fingerprint density at radius 2 is 2.21 bits per heavy atom. The van der Waals surface area contributed by atoms with Crippen molar-refractivity contribution >= 4 is 5.97 Å². The van der Waals surface area contributed by atoms with E-state index in [9.17, 15) is 4.79 Å². The van der Waals surface area contributed by atoms with Crippen molar-refractivity contribution in [3.05, 3.63) is 17.3 Å². The van der Waals surface area contributed by atoms with Gasteiger partial charge in [0.25, 0.3) is 0 Å². The molecule has 0 aromatic carbocycles. The molecule has 0 atom stereocenters. The van der Waals surface area contributed by atoms with Crippen LogP contribution in [0.25, 0.3) is 0 Å². The van der Waals surface area contributed by atoms with Crippen molar-refractivity contribution in [1.29, 1.82) is 0 Å². The van der Waals surface area contributed by atoms with Crippen LogP contribution in [0, 0.1) is 5.92 Å². The first kappa shape index (κ1) is 14.1. The number of ether oxygens (including phenoxy) is 1. The quantitative estimate of drug-likeness (QED) is 0.858. The highest BCUT2D eigenvalue weighted by atomic mass is 16.5. The second-order valence-corrected chi connectivity index (χ2v) is 5.40. The van der Waals surface area contributed by atoms with Crippen LogP contribution < -0.4 is 0 Å². The summed E-state index contributed by atoms with van der Waals surface area (Å²) in [5.74, 6) is 0.0491. The predicted molar refractivity (Wildman–Crippen MR) is 69.4 cm³/mol. The Bertz CT molecular complexity index is 446. The van der Waals surface area contributed by atoms with Gasteiger partial charge in [-0.1, -0.05) is 13.8 Å². The third-order valence-corrected chi connectivity index (χ3v) is 3.50. The van der Waals surface area contributed by atoms with Crippen molar-refractivity contribution in [2.75, 3.05) is 6.61 Å². The van der Waals surface area contributed by atoms with E-state index in [4.69, 9.17) is 14.3 Å². The van der Waals surface area contributed by atoms with E-state index in [0.29, 0.717) is 30.0 Å². The molecule has 0 aliphatic heterocycles. The molecule has 5 nitrogen and oxygen atoms in total. The van der Waals surface area contributed by atoms with Crippen molar-refractivity contribution in [1.82, 2.24) is 4.98 Å². The smallest absolute Gasteiger partial charge is 0.373 e. The Labute approximate surface area is 113 Å². The van der Waals surface area contributed by atoms with Crippen LogP contribution in [0.5, 0.6) is 0 Å². The zero-order valence-electron chi connectivity index (χ0n) is 11.7. The number of carboxylic acid groups (broad SMARTS) is 1. The molecule has 5 heteroatoms. The van der Waals surface area contributed by atoms with Crippen LogP contribution in [-0.4, -0.2) is 28.8 Å². The van der Waals surface area contributed by atoms with Gasteiger partial charge in [-0.3, -0.25) is 0 Å². The zero-order chi connectivity index (χ0) is 14.0. The lowest BCUT2D eigenvalue weighted by molar-refractivity contribution is -0.0256. The molecule has 1 aromatic rings. The summed E-state index contributed by atoms with van der Waals surface area (Å²) < 4.78 is 10.9. The van der Waals surface area contributed by atoms with Gasteiger partial charge in [-0.05, 0) is 31.6 Å². The third kappa shape index (κ3) is 3.15. The van der Waals surface area contributed by atoms with E-state index in [1.165, 1.54) is 0 Å². The van der Waals surface area contributed by atoms with E-state index in [1.54, 1.807) is 0 Å². The van der Waals surface area contributed by atoms with Crippen molar-refractivity contribution in [3.8, 4) is 0 Å². The molecule has 1 heterocycles. The third-order valence-electron chi connectivity index (χ3n) is 3.50. The summed E-state index contributed by atoms with van der Waals surface area (Å²) in [4.78, 5) is 15.4. The second-order valence-electron chi connectivity index (χ2n) is 5.40. The number of oxazole rings is 1. The monoisotopic (exact) mass is 267 g/mol. The van der Waals surface area contributed by atoms with E-state index in [-0.39, 0.29) is 11.7 Å². The summed E-state index contributed by atoms with van der Waals surface area (Å²) in [5, 5.41) is 9.09. The SMILES string of the molecule is CCOC1CC(Cc2nc(C(C)C)c(C(=O)O)o2)C1. The van der Waals surface area contributed by atoms with Gasteiger partial charge in [0.15, 0.2) is 5.89 Å². The van der Waals surface area contributed by atoms with E-state index < -0.39 is 5.97 Å². The number of hydrogen-bond donors (Lipinski definition) is 1. The Balaban J connectivity index is 1.98. The van der Waals surface area contributed by atoms with Crippen LogP contribution in [0.3, 0.4) is 0 Å². The fraction of sp³-hybridized carbons (Fsp3) is 0.714. The topological polar surface area (TPSA) is 72.6 Å². The van der Waals surface area contributed by atoms with Gasteiger partial charge in [0.2, 0.25) is 5.76 Å². The standard InChI is InChI=1S/C14H21NO4/c1-4-18-10-5-9(6-10)7-11-15-12(8(2)3)13(19-11)14(16)17/h8-10H,4-7H2,1-3H3,(H,16,17). The van der Waals surface area contributed by atoms with Gasteiger partial charge < -0.3 is 14.3 Å². The Hall–Kier alpha value is -1.36. The fourth-order valence-electron chi connectivity index (χ4n) is 2.47. The number of carbonyl (C=O) groups is 1. The number of aromatic nitrogens is 1. The summed E-state index contributed by atoms with van der Waals surface area (Å²) in [6.45, 7) is 6.58.